The van der Waals surface area contributed by atoms with Gasteiger partial charge in [-0.3, -0.25) is 9.59 Å². The van der Waals surface area contributed by atoms with Gasteiger partial charge in [0.1, 0.15) is 0 Å². The van der Waals surface area contributed by atoms with Crippen LogP contribution in [0.4, 0.5) is 0 Å². The number of carbonyl (C=O) groups excluding carboxylic acids is 3. The van der Waals surface area contributed by atoms with Gasteiger partial charge < -0.3 is 4.74 Å². The van der Waals surface area contributed by atoms with Crippen molar-refractivity contribution in [3.05, 3.63) is 24.3 Å². The van der Waals surface area contributed by atoms with Gasteiger partial charge in [0.25, 0.3) is 0 Å². The fraction of sp³-hybridized carbons (Fsp3) is 0.300. The zero-order valence-corrected chi connectivity index (χ0v) is 8.67. The zero-order chi connectivity index (χ0) is 12.0. The fourth-order valence-corrected chi connectivity index (χ4v) is 0.952. The molecule has 0 aliphatic rings. The van der Waals surface area contributed by atoms with E-state index in [2.05, 4.69) is 14.7 Å². The third-order valence-electron chi connectivity index (χ3n) is 1.64. The molecule has 0 amide bonds. The molecule has 0 N–H and O–H groups in total. The number of rotatable bonds is 5. The van der Waals surface area contributed by atoms with E-state index >= 15 is 0 Å². The van der Waals surface area contributed by atoms with E-state index in [1.807, 2.05) is 0 Å². The smallest absolute Gasteiger partial charge is 0.375 e. The molecule has 6 heteroatoms. The molecular weight excluding hydrogens is 212 g/mol. The molecule has 0 spiro atoms. The normalized spacial score (nSPS) is 9.56. The van der Waals surface area contributed by atoms with Crippen LogP contribution < -0.4 is 0 Å². The van der Waals surface area contributed by atoms with Crippen LogP contribution in [0.5, 0.6) is 0 Å². The molecule has 1 rings (SSSR count). The van der Waals surface area contributed by atoms with Gasteiger partial charge in [-0.05, 0) is 13.0 Å². The quantitative estimate of drug-likeness (QED) is 0.306. The number of hydrogen-bond donors (Lipinski definition) is 0. The Labute approximate surface area is 91.7 Å². The van der Waals surface area contributed by atoms with Gasteiger partial charge in [-0.25, -0.2) is 14.8 Å². The minimum Gasteiger partial charge on any atom is -0.460 e. The fourth-order valence-electron chi connectivity index (χ4n) is 0.952. The van der Waals surface area contributed by atoms with Gasteiger partial charge in [-0.15, -0.1) is 0 Å². The highest BCUT2D eigenvalue weighted by molar-refractivity contribution is 6.37. The first-order valence-electron chi connectivity index (χ1n) is 4.65. The summed E-state index contributed by atoms with van der Waals surface area (Å²) in [5.41, 5.74) is 0. The van der Waals surface area contributed by atoms with Crippen LogP contribution >= 0.6 is 0 Å². The number of carbonyl (C=O) groups is 3. The maximum Gasteiger partial charge on any atom is 0.375 e. The molecule has 0 radical (unpaired) electrons. The largest absolute Gasteiger partial charge is 0.460 e. The van der Waals surface area contributed by atoms with Gasteiger partial charge in [-0.2, -0.15) is 0 Å². The summed E-state index contributed by atoms with van der Waals surface area (Å²) >= 11 is 0. The second-order valence-corrected chi connectivity index (χ2v) is 2.82. The first-order chi connectivity index (χ1) is 7.65. The number of ketones is 2. The summed E-state index contributed by atoms with van der Waals surface area (Å²) in [6, 6.07) is 1.55. The average molecular weight is 222 g/mol. The molecule has 0 fully saturated rings. The Morgan fingerprint density at radius 3 is 2.44 bits per heavy atom. The molecule has 0 aromatic carbocycles. The minimum absolute atomic E-state index is 0.0832. The molecule has 0 bridgehead atoms. The number of aromatic nitrogens is 2. The van der Waals surface area contributed by atoms with E-state index in [1.165, 1.54) is 12.4 Å². The van der Waals surface area contributed by atoms with Gasteiger partial charge in [0.15, 0.2) is 5.82 Å². The van der Waals surface area contributed by atoms with Crippen LogP contribution in [0.3, 0.4) is 0 Å². The van der Waals surface area contributed by atoms with Crippen LogP contribution in [0.2, 0.25) is 0 Å². The standard InChI is InChI=1S/C10H10N2O4/c1-2-16-10(15)8(14)6-7(13)9-11-4-3-5-12-9/h3-5H,2,6H2,1H3. The topological polar surface area (TPSA) is 86.2 Å². The maximum absolute atomic E-state index is 11.4. The van der Waals surface area contributed by atoms with Crippen molar-refractivity contribution in [2.75, 3.05) is 6.61 Å². The average Bonchev–Trinajstić information content (AvgIpc) is 2.30. The van der Waals surface area contributed by atoms with Crippen molar-refractivity contribution in [1.82, 2.24) is 9.97 Å². The van der Waals surface area contributed by atoms with E-state index in [1.54, 1.807) is 13.0 Å². The predicted octanol–water partition coefficient (Wildman–Crippen LogP) is 0.182. The van der Waals surface area contributed by atoms with Gasteiger partial charge >= 0.3 is 5.97 Å². The van der Waals surface area contributed by atoms with Gasteiger partial charge in [-0.1, -0.05) is 0 Å². The monoisotopic (exact) mass is 222 g/mol. The SMILES string of the molecule is CCOC(=O)C(=O)CC(=O)c1ncccn1. The van der Waals surface area contributed by atoms with Crippen molar-refractivity contribution in [3.8, 4) is 0 Å². The van der Waals surface area contributed by atoms with Gasteiger partial charge in [0, 0.05) is 12.4 Å². The molecule has 6 nitrogen and oxygen atoms in total. The number of ether oxygens (including phenoxy) is 1. The van der Waals surface area contributed by atoms with Gasteiger partial charge in [0.2, 0.25) is 11.6 Å². The zero-order valence-electron chi connectivity index (χ0n) is 8.67. The van der Waals surface area contributed by atoms with Crippen LogP contribution in [0.25, 0.3) is 0 Å². The molecule has 1 heterocycles. The lowest BCUT2D eigenvalue weighted by atomic mass is 10.2. The summed E-state index contributed by atoms with van der Waals surface area (Å²) in [6.07, 6.45) is 2.20. The summed E-state index contributed by atoms with van der Waals surface area (Å²) in [6.45, 7) is 1.67. The Morgan fingerprint density at radius 2 is 1.88 bits per heavy atom. The minimum atomic E-state index is -1.01. The summed E-state index contributed by atoms with van der Waals surface area (Å²) < 4.78 is 4.46. The van der Waals surface area contributed by atoms with E-state index in [0.717, 1.165) is 0 Å². The molecule has 0 aliphatic heterocycles. The summed E-state index contributed by atoms with van der Waals surface area (Å²) in [5, 5.41) is 0. The molecule has 16 heavy (non-hydrogen) atoms. The first-order valence-corrected chi connectivity index (χ1v) is 4.65. The van der Waals surface area contributed by atoms with Crippen molar-refractivity contribution < 1.29 is 19.1 Å². The van der Waals surface area contributed by atoms with Crippen LogP contribution in [0.1, 0.15) is 24.0 Å². The van der Waals surface area contributed by atoms with Crippen LogP contribution in [0, 0.1) is 0 Å². The van der Waals surface area contributed by atoms with Crippen molar-refractivity contribution in [2.24, 2.45) is 0 Å². The number of hydrogen-bond acceptors (Lipinski definition) is 6. The molecule has 0 saturated carbocycles. The van der Waals surface area contributed by atoms with Crippen molar-refractivity contribution >= 4 is 17.5 Å². The van der Waals surface area contributed by atoms with Crippen molar-refractivity contribution in [2.45, 2.75) is 13.3 Å². The third-order valence-corrected chi connectivity index (χ3v) is 1.64. The first kappa shape index (κ1) is 12.0. The highest BCUT2D eigenvalue weighted by Crippen LogP contribution is 1.97. The van der Waals surface area contributed by atoms with Crippen LogP contribution in [0.15, 0.2) is 18.5 Å². The summed E-state index contributed by atoms with van der Waals surface area (Å²) in [4.78, 5) is 40.9. The van der Waals surface area contributed by atoms with Crippen molar-refractivity contribution in [3.63, 3.8) is 0 Å². The van der Waals surface area contributed by atoms with E-state index in [9.17, 15) is 14.4 Å². The van der Waals surface area contributed by atoms with Crippen LogP contribution in [-0.2, 0) is 14.3 Å². The molecule has 0 aliphatic carbocycles. The Balaban J connectivity index is 2.59. The summed E-state index contributed by atoms with van der Waals surface area (Å²) in [5.74, 6) is -2.58. The number of esters is 1. The molecule has 0 atom stereocenters. The third kappa shape index (κ3) is 3.23. The Hall–Kier alpha value is -2.11. The second kappa shape index (κ2) is 5.69. The lowest BCUT2D eigenvalue weighted by Gasteiger charge is -1.99. The highest BCUT2D eigenvalue weighted by atomic mass is 16.5. The predicted molar refractivity (Wildman–Crippen MR) is 52.6 cm³/mol. The Kier molecular flexibility index (Phi) is 4.26. The second-order valence-electron chi connectivity index (χ2n) is 2.82. The Morgan fingerprint density at radius 1 is 1.25 bits per heavy atom. The molecule has 1 aromatic heterocycles. The highest BCUT2D eigenvalue weighted by Gasteiger charge is 2.21. The lowest BCUT2D eigenvalue weighted by molar-refractivity contribution is -0.153. The van der Waals surface area contributed by atoms with Crippen LogP contribution in [-0.4, -0.2) is 34.1 Å². The molecule has 1 aromatic rings. The van der Waals surface area contributed by atoms with Crippen molar-refractivity contribution in [1.29, 1.82) is 0 Å². The van der Waals surface area contributed by atoms with E-state index in [-0.39, 0.29) is 12.4 Å². The molecule has 0 saturated heterocycles. The number of Topliss-reactive ketones (excluding diaryl/α,β-unsaturated/α-hetero) is 2. The van der Waals surface area contributed by atoms with E-state index < -0.39 is 24.0 Å². The Bertz CT molecular complexity index is 403. The molecule has 84 valence electrons. The summed E-state index contributed by atoms with van der Waals surface area (Å²) in [7, 11) is 0. The van der Waals surface area contributed by atoms with Gasteiger partial charge in [0.05, 0.1) is 13.0 Å². The van der Waals surface area contributed by atoms with E-state index in [4.69, 9.17) is 0 Å². The van der Waals surface area contributed by atoms with E-state index in [0.29, 0.717) is 0 Å². The maximum atomic E-state index is 11.4. The number of nitrogens with zero attached hydrogens (tertiary/aromatic N) is 2. The molecular formula is C10H10N2O4. The lowest BCUT2D eigenvalue weighted by Crippen LogP contribution is -2.21. The molecule has 0 unspecified atom stereocenters.